The van der Waals surface area contributed by atoms with Gasteiger partial charge in [0.1, 0.15) is 0 Å². The Morgan fingerprint density at radius 3 is 2.65 bits per heavy atom. The van der Waals surface area contributed by atoms with Gasteiger partial charge in [0.25, 0.3) is 0 Å². The molecule has 1 atom stereocenters. The van der Waals surface area contributed by atoms with Gasteiger partial charge in [-0.05, 0) is 51.4 Å². The van der Waals surface area contributed by atoms with Crippen LogP contribution in [-0.2, 0) is 24.2 Å². The standard InChI is InChI=1S/C20H40N4O5S.HI/c1-2-21-20(22-9-5-11-28-17-18-7-13-27-14-8-18)23-10-15-30(25,26)24-16-19-6-3-4-12-29-19;/h18-19,24H,2-17H2,1H3,(H2,21,22,23);1H. The van der Waals surface area contributed by atoms with E-state index in [-0.39, 0.29) is 35.8 Å². The quantitative estimate of drug-likeness (QED) is 0.132. The van der Waals surface area contributed by atoms with Crippen molar-refractivity contribution in [3.05, 3.63) is 0 Å². The summed E-state index contributed by atoms with van der Waals surface area (Å²) in [6.07, 6.45) is 6.06. The Kier molecular flexibility index (Phi) is 16.1. The van der Waals surface area contributed by atoms with Gasteiger partial charge in [0, 0.05) is 59.2 Å². The molecule has 0 aliphatic carbocycles. The van der Waals surface area contributed by atoms with E-state index >= 15 is 0 Å². The van der Waals surface area contributed by atoms with Crippen molar-refractivity contribution < 1.29 is 22.6 Å². The van der Waals surface area contributed by atoms with Crippen LogP contribution in [0.1, 0.15) is 45.4 Å². The molecule has 9 nitrogen and oxygen atoms in total. The minimum absolute atomic E-state index is 0. The second kappa shape index (κ2) is 17.3. The summed E-state index contributed by atoms with van der Waals surface area (Å²) in [4.78, 5) is 4.50. The van der Waals surface area contributed by atoms with Crippen LogP contribution < -0.4 is 15.4 Å². The summed E-state index contributed by atoms with van der Waals surface area (Å²) in [6, 6.07) is 0. The fourth-order valence-corrected chi connectivity index (χ4v) is 4.38. The highest BCUT2D eigenvalue weighted by Gasteiger charge is 2.17. The van der Waals surface area contributed by atoms with E-state index in [4.69, 9.17) is 14.2 Å². The highest BCUT2D eigenvalue weighted by atomic mass is 127. The maximum Gasteiger partial charge on any atom is 0.213 e. The minimum atomic E-state index is -3.34. The lowest BCUT2D eigenvalue weighted by molar-refractivity contribution is 0.0200. The number of hydrogen-bond donors (Lipinski definition) is 3. The maximum atomic E-state index is 12.2. The fourth-order valence-electron chi connectivity index (χ4n) is 3.43. The molecule has 0 saturated carbocycles. The molecule has 0 spiro atoms. The van der Waals surface area contributed by atoms with Gasteiger partial charge in [-0.25, -0.2) is 13.1 Å². The molecule has 2 aliphatic rings. The molecule has 2 rings (SSSR count). The topological polar surface area (TPSA) is 110 Å². The van der Waals surface area contributed by atoms with Crippen LogP contribution in [-0.4, -0.2) is 85.4 Å². The van der Waals surface area contributed by atoms with Crippen LogP contribution in [0, 0.1) is 5.92 Å². The van der Waals surface area contributed by atoms with Gasteiger partial charge in [-0.2, -0.15) is 0 Å². The smallest absolute Gasteiger partial charge is 0.213 e. The van der Waals surface area contributed by atoms with Gasteiger partial charge in [-0.1, -0.05) is 0 Å². The van der Waals surface area contributed by atoms with Crippen molar-refractivity contribution in [1.82, 2.24) is 15.4 Å². The van der Waals surface area contributed by atoms with Crippen LogP contribution in [0.4, 0.5) is 0 Å². The van der Waals surface area contributed by atoms with Crippen LogP contribution in [0.3, 0.4) is 0 Å². The molecule has 0 radical (unpaired) electrons. The molecule has 31 heavy (non-hydrogen) atoms. The van der Waals surface area contributed by atoms with Crippen LogP contribution in [0.15, 0.2) is 4.99 Å². The largest absolute Gasteiger partial charge is 0.381 e. The van der Waals surface area contributed by atoms with Crippen LogP contribution in [0.25, 0.3) is 0 Å². The summed E-state index contributed by atoms with van der Waals surface area (Å²) in [5.41, 5.74) is 0. The van der Waals surface area contributed by atoms with Gasteiger partial charge in [0.05, 0.1) is 11.9 Å². The molecule has 2 fully saturated rings. The van der Waals surface area contributed by atoms with E-state index in [0.717, 1.165) is 71.5 Å². The van der Waals surface area contributed by atoms with Gasteiger partial charge in [0.15, 0.2) is 5.96 Å². The molecule has 2 heterocycles. The number of ether oxygens (including phenoxy) is 3. The average molecular weight is 577 g/mol. The van der Waals surface area contributed by atoms with Gasteiger partial charge < -0.3 is 24.8 Å². The van der Waals surface area contributed by atoms with Crippen molar-refractivity contribution in [2.45, 2.75) is 51.6 Å². The normalized spacial score (nSPS) is 20.8. The summed E-state index contributed by atoms with van der Waals surface area (Å²) in [6.45, 7) is 7.86. The third-order valence-corrected chi connectivity index (χ3v) is 6.57. The molecule has 2 aliphatic heterocycles. The molecule has 11 heteroatoms. The van der Waals surface area contributed by atoms with Crippen molar-refractivity contribution >= 4 is 40.0 Å². The SMILES string of the molecule is CCNC(=NCCCOCC1CCOCC1)NCCS(=O)(=O)NCC1CCCCO1.I. The lowest BCUT2D eigenvalue weighted by Crippen LogP contribution is -2.42. The average Bonchev–Trinajstić information content (AvgIpc) is 2.76. The summed E-state index contributed by atoms with van der Waals surface area (Å²) in [5.74, 6) is 1.24. The fraction of sp³-hybridized carbons (Fsp3) is 0.950. The summed E-state index contributed by atoms with van der Waals surface area (Å²) < 4.78 is 43.7. The lowest BCUT2D eigenvalue weighted by atomic mass is 10.0. The minimum Gasteiger partial charge on any atom is -0.381 e. The molecule has 184 valence electrons. The summed E-state index contributed by atoms with van der Waals surface area (Å²) in [5, 5.41) is 6.24. The Balaban J connectivity index is 0.00000480. The molecule has 0 aromatic carbocycles. The first-order chi connectivity index (χ1) is 14.6. The zero-order chi connectivity index (χ0) is 21.5. The van der Waals surface area contributed by atoms with E-state index < -0.39 is 10.0 Å². The monoisotopic (exact) mass is 576 g/mol. The van der Waals surface area contributed by atoms with E-state index in [1.807, 2.05) is 6.92 Å². The molecule has 0 bridgehead atoms. The first-order valence-corrected chi connectivity index (χ1v) is 13.0. The molecule has 1 unspecified atom stereocenters. The highest BCUT2D eigenvalue weighted by Crippen LogP contribution is 2.14. The van der Waals surface area contributed by atoms with Crippen LogP contribution in [0.5, 0.6) is 0 Å². The molecule has 0 aromatic rings. The Labute approximate surface area is 204 Å². The first-order valence-electron chi connectivity index (χ1n) is 11.4. The maximum absolute atomic E-state index is 12.2. The second-order valence-electron chi connectivity index (χ2n) is 7.83. The number of nitrogens with zero attached hydrogens (tertiary/aromatic N) is 1. The predicted octanol–water partition coefficient (Wildman–Crippen LogP) is 1.48. The third-order valence-electron chi connectivity index (χ3n) is 5.22. The van der Waals surface area contributed by atoms with Crippen molar-refractivity contribution in [3.8, 4) is 0 Å². The number of nitrogens with one attached hydrogen (secondary N) is 3. The van der Waals surface area contributed by atoms with Gasteiger partial charge in [-0.3, -0.25) is 4.99 Å². The Hall–Kier alpha value is -0.210. The zero-order valence-electron chi connectivity index (χ0n) is 18.8. The molecule has 3 N–H and O–H groups in total. The van der Waals surface area contributed by atoms with Gasteiger partial charge >= 0.3 is 0 Å². The van der Waals surface area contributed by atoms with Crippen molar-refractivity contribution in [1.29, 1.82) is 0 Å². The predicted molar refractivity (Wildman–Crippen MR) is 134 cm³/mol. The summed E-state index contributed by atoms with van der Waals surface area (Å²) in [7, 11) is -3.34. The molecular formula is C20H41IN4O5S. The van der Waals surface area contributed by atoms with Gasteiger partial charge in [-0.15, -0.1) is 24.0 Å². The van der Waals surface area contributed by atoms with Crippen LogP contribution in [0.2, 0.25) is 0 Å². The lowest BCUT2D eigenvalue weighted by Gasteiger charge is -2.22. The number of aliphatic imine (C=N–C) groups is 1. The molecule has 0 aromatic heterocycles. The second-order valence-corrected chi connectivity index (χ2v) is 9.75. The first kappa shape index (κ1) is 28.8. The zero-order valence-corrected chi connectivity index (χ0v) is 21.9. The van der Waals surface area contributed by atoms with Crippen molar-refractivity contribution in [2.24, 2.45) is 10.9 Å². The number of guanidine groups is 1. The molecule has 2 saturated heterocycles. The number of halogens is 1. The van der Waals surface area contributed by atoms with Gasteiger partial charge in [0.2, 0.25) is 10.0 Å². The molecular weight excluding hydrogens is 535 g/mol. The molecule has 0 amide bonds. The number of hydrogen-bond acceptors (Lipinski definition) is 6. The van der Waals surface area contributed by atoms with E-state index in [1.54, 1.807) is 0 Å². The van der Waals surface area contributed by atoms with Crippen molar-refractivity contribution in [3.63, 3.8) is 0 Å². The van der Waals surface area contributed by atoms with E-state index in [9.17, 15) is 8.42 Å². The highest BCUT2D eigenvalue weighted by molar-refractivity contribution is 14.0. The Morgan fingerprint density at radius 1 is 1.13 bits per heavy atom. The Morgan fingerprint density at radius 2 is 1.94 bits per heavy atom. The number of rotatable bonds is 13. The number of sulfonamides is 1. The van der Waals surface area contributed by atoms with E-state index in [1.165, 1.54) is 0 Å². The van der Waals surface area contributed by atoms with E-state index in [0.29, 0.717) is 38.1 Å². The Bertz CT molecular complexity index is 582. The van der Waals surface area contributed by atoms with Crippen LogP contribution >= 0.6 is 24.0 Å². The van der Waals surface area contributed by atoms with E-state index in [2.05, 4.69) is 20.3 Å². The van der Waals surface area contributed by atoms with Crippen molar-refractivity contribution in [2.75, 3.05) is 65.0 Å². The third kappa shape index (κ3) is 13.8. The summed E-state index contributed by atoms with van der Waals surface area (Å²) >= 11 is 0.